The Hall–Kier alpha value is -2.82. The molecule has 0 spiro atoms. The molecule has 5 heteroatoms. The second-order valence-corrected chi connectivity index (χ2v) is 9.02. The van der Waals surface area contributed by atoms with Gasteiger partial charge in [0.1, 0.15) is 0 Å². The molecule has 0 amide bonds. The Morgan fingerprint density at radius 2 is 0.939 bits per heavy atom. The number of hydrogen-bond acceptors (Lipinski definition) is 2. The van der Waals surface area contributed by atoms with Crippen LogP contribution >= 0.6 is 0 Å². The Morgan fingerprint density at radius 1 is 0.576 bits per heavy atom. The van der Waals surface area contributed by atoms with Crippen molar-refractivity contribution in [1.82, 2.24) is 15.0 Å². The van der Waals surface area contributed by atoms with Crippen LogP contribution < -0.4 is 0 Å². The molecule has 3 rings (SSSR count). The number of aromatic nitrogens is 3. The summed E-state index contributed by atoms with van der Waals surface area (Å²) in [5, 5.41) is 0. The van der Waals surface area contributed by atoms with Gasteiger partial charge in [0, 0.05) is 0 Å². The van der Waals surface area contributed by atoms with Gasteiger partial charge >= 0.3 is 0 Å². The summed E-state index contributed by atoms with van der Waals surface area (Å²) >= 11 is 0. The molecule has 0 unspecified atom stereocenters. The smallest absolute Gasteiger partial charge is 0.166 e. The lowest BCUT2D eigenvalue weighted by Crippen LogP contribution is -1.94. The van der Waals surface area contributed by atoms with Gasteiger partial charge < -0.3 is 15.0 Å². The predicted molar refractivity (Wildman–Crippen MR) is 137 cm³/mol. The third-order valence-electron chi connectivity index (χ3n) is 7.06. The van der Waals surface area contributed by atoms with Crippen LogP contribution in [0.15, 0.2) is 0 Å². The largest absolute Gasteiger partial charge is 0.352 e. The van der Waals surface area contributed by atoms with E-state index >= 15 is 0 Å². The minimum atomic E-state index is 0.662. The van der Waals surface area contributed by atoms with Crippen molar-refractivity contribution in [2.45, 2.75) is 92.9 Å². The first-order chi connectivity index (χ1) is 16.0. The molecule has 178 valence electrons. The first-order valence-electron chi connectivity index (χ1n) is 12.5. The second-order valence-electron chi connectivity index (χ2n) is 9.02. The van der Waals surface area contributed by atoms with E-state index < -0.39 is 0 Å². The summed E-state index contributed by atoms with van der Waals surface area (Å²) in [6, 6.07) is 0. The second kappa shape index (κ2) is 10.9. The highest BCUT2D eigenvalue weighted by Gasteiger charge is 2.25. The fourth-order valence-corrected chi connectivity index (χ4v) is 5.09. The van der Waals surface area contributed by atoms with E-state index in [1.165, 1.54) is 22.3 Å². The molecule has 33 heavy (non-hydrogen) atoms. The lowest BCUT2D eigenvalue weighted by molar-refractivity contribution is 0.111. The summed E-state index contributed by atoms with van der Waals surface area (Å²) in [6.45, 7) is 12.8. The van der Waals surface area contributed by atoms with Crippen LogP contribution in [0.25, 0.3) is 22.8 Å². The lowest BCUT2D eigenvalue weighted by atomic mass is 9.96. The Morgan fingerprint density at radius 3 is 1.24 bits per heavy atom. The van der Waals surface area contributed by atoms with E-state index in [0.29, 0.717) is 11.4 Å². The minimum absolute atomic E-state index is 0.662. The molecule has 5 nitrogen and oxygen atoms in total. The molecule has 0 saturated carbocycles. The molecule has 0 bridgehead atoms. The van der Waals surface area contributed by atoms with E-state index in [0.717, 1.165) is 97.8 Å². The molecular weight excluding hydrogens is 410 g/mol. The van der Waals surface area contributed by atoms with Crippen LogP contribution in [0.2, 0.25) is 0 Å². The van der Waals surface area contributed by atoms with E-state index in [4.69, 9.17) is 0 Å². The van der Waals surface area contributed by atoms with Crippen molar-refractivity contribution in [3.05, 3.63) is 44.8 Å². The van der Waals surface area contributed by atoms with Gasteiger partial charge in [0.05, 0.1) is 34.2 Å². The van der Waals surface area contributed by atoms with Crippen molar-refractivity contribution in [3.63, 3.8) is 0 Å². The maximum absolute atomic E-state index is 11.7. The van der Waals surface area contributed by atoms with Gasteiger partial charge in [0.2, 0.25) is 0 Å². The van der Waals surface area contributed by atoms with Gasteiger partial charge in [-0.3, -0.25) is 9.59 Å². The fourth-order valence-electron chi connectivity index (χ4n) is 5.09. The van der Waals surface area contributed by atoms with Crippen molar-refractivity contribution in [1.29, 1.82) is 0 Å². The van der Waals surface area contributed by atoms with Gasteiger partial charge in [-0.05, 0) is 85.8 Å². The van der Waals surface area contributed by atoms with Crippen LogP contribution in [0.4, 0.5) is 0 Å². The summed E-state index contributed by atoms with van der Waals surface area (Å²) in [7, 11) is 0. The van der Waals surface area contributed by atoms with Crippen LogP contribution in [0.3, 0.4) is 0 Å². The van der Waals surface area contributed by atoms with Crippen LogP contribution in [0.1, 0.15) is 108 Å². The molecule has 3 heterocycles. The third-order valence-corrected chi connectivity index (χ3v) is 7.06. The highest BCUT2D eigenvalue weighted by molar-refractivity contribution is 5.84. The maximum atomic E-state index is 11.7. The number of rotatable bonds is 12. The maximum Gasteiger partial charge on any atom is 0.166 e. The standard InChI is InChI=1S/C28H39N3O2/c1-7-11-13-21-17(5)23(15-32)29-27(21)25-19(9-3)20(10-4)26(31-25)28-22(14-12-8-2)18(6)24(16-33)30-28/h15-16,29-31H,7-14H2,1-6H3. The molecule has 0 aliphatic rings. The van der Waals surface area contributed by atoms with Gasteiger partial charge in [-0.25, -0.2) is 0 Å². The van der Waals surface area contributed by atoms with Crippen LogP contribution in [-0.4, -0.2) is 27.5 Å². The number of aldehydes is 2. The molecule has 0 aliphatic carbocycles. The lowest BCUT2D eigenvalue weighted by Gasteiger charge is -2.07. The Kier molecular flexibility index (Phi) is 8.17. The Bertz CT molecular complexity index is 1040. The molecule has 0 atom stereocenters. The van der Waals surface area contributed by atoms with Crippen LogP contribution in [0.5, 0.6) is 0 Å². The molecule has 0 fully saturated rings. The number of H-pyrrole nitrogens is 3. The van der Waals surface area contributed by atoms with Gasteiger partial charge in [-0.1, -0.05) is 40.5 Å². The van der Waals surface area contributed by atoms with E-state index in [2.05, 4.69) is 42.6 Å². The van der Waals surface area contributed by atoms with Crippen LogP contribution in [-0.2, 0) is 25.7 Å². The van der Waals surface area contributed by atoms with Crippen molar-refractivity contribution in [2.75, 3.05) is 0 Å². The van der Waals surface area contributed by atoms with E-state index in [9.17, 15) is 9.59 Å². The molecule has 0 radical (unpaired) electrons. The molecule has 3 N–H and O–H groups in total. The summed E-state index contributed by atoms with van der Waals surface area (Å²) < 4.78 is 0. The molecule has 3 aromatic rings. The Labute approximate surface area is 197 Å². The van der Waals surface area contributed by atoms with Crippen molar-refractivity contribution < 1.29 is 9.59 Å². The third kappa shape index (κ3) is 4.50. The molecular formula is C28H39N3O2. The first-order valence-corrected chi connectivity index (χ1v) is 12.5. The quantitative estimate of drug-likeness (QED) is 0.259. The number of carbonyl (C=O) groups excluding carboxylic acids is 2. The predicted octanol–water partition coefficient (Wildman–Crippen LogP) is 7.06. The molecule has 0 aromatic carbocycles. The monoisotopic (exact) mass is 449 g/mol. The SMILES string of the molecule is CCCCc1c(-c2[nH]c(-c3[nH]c(C=O)c(C)c3CCCC)c(CC)c2CC)[nH]c(C=O)c1C. The summed E-state index contributed by atoms with van der Waals surface area (Å²) in [5.41, 5.74) is 12.7. The zero-order chi connectivity index (χ0) is 24.1. The van der Waals surface area contributed by atoms with Crippen molar-refractivity contribution in [2.24, 2.45) is 0 Å². The average Bonchev–Trinajstić information content (AvgIpc) is 3.46. The molecule has 0 saturated heterocycles. The van der Waals surface area contributed by atoms with Gasteiger partial charge in [-0.2, -0.15) is 0 Å². The van der Waals surface area contributed by atoms with E-state index in [1.54, 1.807) is 0 Å². The minimum Gasteiger partial charge on any atom is -0.352 e. The number of nitrogens with one attached hydrogen (secondary N) is 3. The number of unbranched alkanes of at least 4 members (excludes halogenated alkanes) is 2. The molecule has 0 aliphatic heterocycles. The van der Waals surface area contributed by atoms with E-state index in [1.807, 2.05) is 13.8 Å². The van der Waals surface area contributed by atoms with Crippen molar-refractivity contribution >= 4 is 12.6 Å². The average molecular weight is 450 g/mol. The van der Waals surface area contributed by atoms with Gasteiger partial charge in [-0.15, -0.1) is 0 Å². The zero-order valence-electron chi connectivity index (χ0n) is 21.1. The summed E-state index contributed by atoms with van der Waals surface area (Å²) in [6.07, 6.45) is 9.90. The Balaban J connectivity index is 2.28. The van der Waals surface area contributed by atoms with Gasteiger partial charge in [0.25, 0.3) is 0 Å². The van der Waals surface area contributed by atoms with Crippen molar-refractivity contribution in [3.8, 4) is 22.8 Å². The topological polar surface area (TPSA) is 81.5 Å². The number of aromatic amines is 3. The van der Waals surface area contributed by atoms with E-state index in [-0.39, 0.29) is 0 Å². The summed E-state index contributed by atoms with van der Waals surface area (Å²) in [4.78, 5) is 34.1. The van der Waals surface area contributed by atoms with Crippen LogP contribution in [0, 0.1) is 13.8 Å². The first kappa shape index (κ1) is 24.8. The zero-order valence-corrected chi connectivity index (χ0v) is 21.1. The normalized spacial score (nSPS) is 11.3. The van der Waals surface area contributed by atoms with Gasteiger partial charge in [0.15, 0.2) is 12.6 Å². The molecule has 3 aromatic heterocycles. The summed E-state index contributed by atoms with van der Waals surface area (Å²) in [5.74, 6) is 0. The fraction of sp³-hybridized carbons (Fsp3) is 0.500. The highest BCUT2D eigenvalue weighted by atomic mass is 16.1. The highest BCUT2D eigenvalue weighted by Crippen LogP contribution is 2.39. The number of carbonyl (C=O) groups is 2. The number of hydrogen-bond donors (Lipinski definition) is 3.